The van der Waals surface area contributed by atoms with Gasteiger partial charge in [0.25, 0.3) is 11.5 Å². The first-order valence-electron chi connectivity index (χ1n) is 13.6. The molecule has 0 radical (unpaired) electrons. The van der Waals surface area contributed by atoms with Gasteiger partial charge in [-0.05, 0) is 76.9 Å². The van der Waals surface area contributed by atoms with E-state index in [1.54, 1.807) is 35.2 Å². The van der Waals surface area contributed by atoms with Crippen LogP contribution >= 0.6 is 31.9 Å². The van der Waals surface area contributed by atoms with E-state index in [1.165, 1.54) is 10.9 Å². The van der Waals surface area contributed by atoms with Crippen LogP contribution in [0.1, 0.15) is 12.5 Å². The molecule has 3 heterocycles. The standard InChI is InChI=1S/C31H26Br2N4O6/c1-2-41-26-14-19(13-23(33)29(26)42-18-28(38)36-9-11-40-12-10-36)17-34-37-30(35-24-6-4-3-5-22(24)31(37)39)27-16-20-15-21(32)7-8-25(20)43-27/h3-8,13-17H,2,9-12,18H2,1H3. The van der Waals surface area contributed by atoms with Crippen molar-refractivity contribution in [1.82, 2.24) is 14.6 Å². The van der Waals surface area contributed by atoms with Gasteiger partial charge in [0, 0.05) is 22.9 Å². The molecule has 1 saturated heterocycles. The number of carbonyl (C=O) groups excluding carboxylic acids is 1. The van der Waals surface area contributed by atoms with Gasteiger partial charge in [-0.3, -0.25) is 9.59 Å². The first kappa shape index (κ1) is 29.1. The summed E-state index contributed by atoms with van der Waals surface area (Å²) in [5, 5.41) is 5.84. The van der Waals surface area contributed by atoms with Gasteiger partial charge in [0.1, 0.15) is 5.58 Å². The van der Waals surface area contributed by atoms with Gasteiger partial charge in [0.2, 0.25) is 5.82 Å². The van der Waals surface area contributed by atoms with Crippen LogP contribution in [-0.2, 0) is 9.53 Å². The minimum atomic E-state index is -0.343. The van der Waals surface area contributed by atoms with Crippen molar-refractivity contribution in [2.75, 3.05) is 39.5 Å². The molecular formula is C31H26Br2N4O6. The zero-order valence-corrected chi connectivity index (χ0v) is 26.3. The molecule has 10 nitrogen and oxygen atoms in total. The number of nitrogens with zero attached hydrogens (tertiary/aromatic N) is 4. The molecule has 1 amide bonds. The molecule has 43 heavy (non-hydrogen) atoms. The second-order valence-electron chi connectivity index (χ2n) is 9.65. The third-order valence-electron chi connectivity index (χ3n) is 6.81. The lowest BCUT2D eigenvalue weighted by Gasteiger charge is -2.27. The molecule has 5 aromatic rings. The number of benzene rings is 3. The number of carbonyl (C=O) groups is 1. The van der Waals surface area contributed by atoms with Gasteiger partial charge in [-0.1, -0.05) is 28.1 Å². The predicted octanol–water partition coefficient (Wildman–Crippen LogP) is 5.85. The van der Waals surface area contributed by atoms with E-state index in [-0.39, 0.29) is 23.9 Å². The van der Waals surface area contributed by atoms with Gasteiger partial charge in [0.15, 0.2) is 23.9 Å². The molecule has 1 fully saturated rings. The number of hydrogen-bond acceptors (Lipinski definition) is 8. The summed E-state index contributed by atoms with van der Waals surface area (Å²) in [5.41, 5.74) is 1.47. The van der Waals surface area contributed by atoms with Crippen LogP contribution in [0.4, 0.5) is 0 Å². The van der Waals surface area contributed by atoms with Crippen LogP contribution in [0.5, 0.6) is 11.5 Å². The van der Waals surface area contributed by atoms with Crippen molar-refractivity contribution >= 4 is 65.9 Å². The van der Waals surface area contributed by atoms with Gasteiger partial charge >= 0.3 is 0 Å². The van der Waals surface area contributed by atoms with E-state index in [2.05, 4.69) is 37.0 Å². The number of morpholine rings is 1. The van der Waals surface area contributed by atoms with Crippen molar-refractivity contribution < 1.29 is 23.4 Å². The Hall–Kier alpha value is -4.00. The molecule has 0 bridgehead atoms. The highest BCUT2D eigenvalue weighted by Crippen LogP contribution is 2.37. The van der Waals surface area contributed by atoms with Crippen molar-refractivity contribution in [3.05, 3.63) is 85.5 Å². The van der Waals surface area contributed by atoms with Crippen molar-refractivity contribution in [1.29, 1.82) is 0 Å². The van der Waals surface area contributed by atoms with E-state index in [0.29, 0.717) is 76.7 Å². The lowest BCUT2D eigenvalue weighted by molar-refractivity contribution is -0.137. The highest BCUT2D eigenvalue weighted by atomic mass is 79.9. The van der Waals surface area contributed by atoms with Crippen LogP contribution in [0.2, 0.25) is 0 Å². The van der Waals surface area contributed by atoms with Crippen molar-refractivity contribution in [3.8, 4) is 23.1 Å². The third-order valence-corrected chi connectivity index (χ3v) is 7.89. The van der Waals surface area contributed by atoms with Crippen molar-refractivity contribution in [2.24, 2.45) is 5.10 Å². The monoisotopic (exact) mass is 708 g/mol. The van der Waals surface area contributed by atoms with Gasteiger partial charge in [-0.15, -0.1) is 0 Å². The van der Waals surface area contributed by atoms with Gasteiger partial charge in [-0.2, -0.15) is 9.78 Å². The quantitative estimate of drug-likeness (QED) is 0.186. The molecule has 0 spiro atoms. The highest BCUT2D eigenvalue weighted by Gasteiger charge is 2.20. The molecule has 0 atom stereocenters. The minimum absolute atomic E-state index is 0.128. The summed E-state index contributed by atoms with van der Waals surface area (Å²) in [5.74, 6) is 1.37. The Morgan fingerprint density at radius 1 is 1.07 bits per heavy atom. The Kier molecular flexibility index (Phi) is 8.59. The fourth-order valence-electron chi connectivity index (χ4n) is 4.74. The summed E-state index contributed by atoms with van der Waals surface area (Å²) < 4.78 is 25.9. The number of para-hydroxylation sites is 1. The van der Waals surface area contributed by atoms with E-state index in [1.807, 2.05) is 37.3 Å². The third kappa shape index (κ3) is 6.22. The molecule has 0 unspecified atom stereocenters. The maximum Gasteiger partial charge on any atom is 0.282 e. The molecule has 1 aliphatic rings. The number of furan rings is 1. The number of aromatic nitrogens is 2. The molecule has 2 aromatic heterocycles. The Labute approximate surface area is 263 Å². The van der Waals surface area contributed by atoms with E-state index >= 15 is 0 Å². The minimum Gasteiger partial charge on any atom is -0.490 e. The second kappa shape index (κ2) is 12.7. The van der Waals surface area contributed by atoms with E-state index < -0.39 is 0 Å². The molecular weight excluding hydrogens is 684 g/mol. The fourth-order valence-corrected chi connectivity index (χ4v) is 5.70. The summed E-state index contributed by atoms with van der Waals surface area (Å²) in [7, 11) is 0. The Morgan fingerprint density at radius 2 is 1.88 bits per heavy atom. The summed E-state index contributed by atoms with van der Waals surface area (Å²) in [6.07, 6.45) is 1.54. The molecule has 220 valence electrons. The Balaban J connectivity index is 1.36. The molecule has 0 saturated carbocycles. The first-order valence-corrected chi connectivity index (χ1v) is 15.2. The van der Waals surface area contributed by atoms with E-state index in [0.717, 1.165) is 9.86 Å². The largest absolute Gasteiger partial charge is 0.490 e. The van der Waals surface area contributed by atoms with E-state index in [9.17, 15) is 9.59 Å². The zero-order chi connectivity index (χ0) is 29.9. The normalized spacial score (nSPS) is 13.7. The Morgan fingerprint density at radius 3 is 2.70 bits per heavy atom. The number of fused-ring (bicyclic) bond motifs is 2. The number of amides is 1. The second-order valence-corrected chi connectivity index (χ2v) is 11.4. The van der Waals surface area contributed by atoms with Gasteiger partial charge in [-0.25, -0.2) is 4.98 Å². The molecule has 0 aliphatic carbocycles. The SMILES string of the molecule is CCOc1cc(C=Nn2c(-c3cc4cc(Br)ccc4o3)nc3ccccc3c2=O)cc(Br)c1OCC(=O)N1CCOCC1. The average molecular weight is 710 g/mol. The maximum atomic E-state index is 13.6. The number of rotatable bonds is 8. The lowest BCUT2D eigenvalue weighted by atomic mass is 10.2. The summed E-state index contributed by atoms with van der Waals surface area (Å²) in [6, 6.07) is 18.1. The predicted molar refractivity (Wildman–Crippen MR) is 170 cm³/mol. The number of hydrogen-bond donors (Lipinski definition) is 0. The van der Waals surface area contributed by atoms with Crippen LogP contribution in [0.15, 0.2) is 83.9 Å². The summed E-state index contributed by atoms with van der Waals surface area (Å²) >= 11 is 7.04. The molecule has 6 rings (SSSR count). The maximum absolute atomic E-state index is 13.6. The number of halogens is 2. The first-order chi connectivity index (χ1) is 20.9. The Bertz CT molecular complexity index is 1910. The lowest BCUT2D eigenvalue weighted by Crippen LogP contribution is -2.43. The highest BCUT2D eigenvalue weighted by molar-refractivity contribution is 9.10. The average Bonchev–Trinajstić information content (AvgIpc) is 3.43. The zero-order valence-electron chi connectivity index (χ0n) is 23.1. The topological polar surface area (TPSA) is 108 Å². The summed E-state index contributed by atoms with van der Waals surface area (Å²) in [6.45, 7) is 4.19. The molecule has 3 aromatic carbocycles. The molecule has 1 aliphatic heterocycles. The summed E-state index contributed by atoms with van der Waals surface area (Å²) in [4.78, 5) is 32.7. The van der Waals surface area contributed by atoms with Crippen LogP contribution in [0.3, 0.4) is 0 Å². The van der Waals surface area contributed by atoms with Crippen molar-refractivity contribution in [2.45, 2.75) is 6.92 Å². The molecule has 0 N–H and O–H groups in total. The van der Waals surface area contributed by atoms with E-state index in [4.69, 9.17) is 23.6 Å². The fraction of sp³-hybridized carbons (Fsp3) is 0.226. The van der Waals surface area contributed by atoms with Crippen LogP contribution in [0.25, 0.3) is 33.5 Å². The van der Waals surface area contributed by atoms with Gasteiger partial charge < -0.3 is 23.5 Å². The van der Waals surface area contributed by atoms with Crippen LogP contribution in [0, 0.1) is 0 Å². The van der Waals surface area contributed by atoms with Crippen molar-refractivity contribution in [3.63, 3.8) is 0 Å². The van der Waals surface area contributed by atoms with Gasteiger partial charge in [0.05, 0.1) is 41.4 Å². The smallest absolute Gasteiger partial charge is 0.282 e. The number of ether oxygens (including phenoxy) is 3. The van der Waals surface area contributed by atoms with Crippen LogP contribution in [-0.4, -0.2) is 66.2 Å². The molecule has 12 heteroatoms. The van der Waals surface area contributed by atoms with Crippen LogP contribution < -0.4 is 15.0 Å².